The zero-order chi connectivity index (χ0) is 15.1. The summed E-state index contributed by atoms with van der Waals surface area (Å²) in [6.07, 6.45) is -2.80. The van der Waals surface area contributed by atoms with E-state index in [0.717, 1.165) is 13.8 Å². The van der Waals surface area contributed by atoms with Gasteiger partial charge in [-0.2, -0.15) is 0 Å². The molecule has 8 nitrogen and oxygen atoms in total. The van der Waals surface area contributed by atoms with Crippen LogP contribution in [0.15, 0.2) is 0 Å². The molecule has 0 saturated heterocycles. The molecule has 0 rings (SSSR count). The number of carbonyl (C=O) groups is 2. The smallest absolute Gasteiger partial charge is 0.373 e. The summed E-state index contributed by atoms with van der Waals surface area (Å²) in [7, 11) is 0. The van der Waals surface area contributed by atoms with Gasteiger partial charge in [-0.15, -0.1) is 0 Å². The Labute approximate surface area is 110 Å². The van der Waals surface area contributed by atoms with Crippen molar-refractivity contribution >= 4 is 11.9 Å². The Morgan fingerprint density at radius 3 is 1.79 bits per heavy atom. The van der Waals surface area contributed by atoms with Gasteiger partial charge >= 0.3 is 17.9 Å². The van der Waals surface area contributed by atoms with Crippen molar-refractivity contribution in [3.63, 3.8) is 0 Å². The second-order valence-electron chi connectivity index (χ2n) is 4.09. The first-order chi connectivity index (χ1) is 8.72. The van der Waals surface area contributed by atoms with E-state index in [-0.39, 0.29) is 19.4 Å². The largest absolute Gasteiger partial charge is 0.396 e. The minimum absolute atomic E-state index is 0.148. The lowest BCUT2D eigenvalue weighted by molar-refractivity contribution is -0.332. The van der Waals surface area contributed by atoms with E-state index in [9.17, 15) is 14.7 Å². The van der Waals surface area contributed by atoms with E-state index >= 15 is 0 Å². The van der Waals surface area contributed by atoms with E-state index in [1.54, 1.807) is 0 Å². The maximum Gasteiger partial charge on any atom is 0.373 e. The summed E-state index contributed by atoms with van der Waals surface area (Å²) in [6, 6.07) is 0. The molecular weight excluding hydrogens is 260 g/mol. The molecule has 0 aliphatic carbocycles. The number of aliphatic hydroxyl groups is 4. The normalized spacial score (nSPS) is 17.2. The second-order valence-corrected chi connectivity index (χ2v) is 4.09. The average Bonchev–Trinajstić information content (AvgIpc) is 2.28. The highest BCUT2D eigenvalue weighted by molar-refractivity contribution is 5.76. The van der Waals surface area contributed by atoms with Gasteiger partial charge in [0.1, 0.15) is 12.2 Å². The van der Waals surface area contributed by atoms with E-state index in [0.29, 0.717) is 6.42 Å². The van der Waals surface area contributed by atoms with Crippen molar-refractivity contribution in [2.24, 2.45) is 0 Å². The molecule has 0 amide bonds. The molecule has 0 saturated carbocycles. The molecule has 0 heterocycles. The maximum absolute atomic E-state index is 11.2. The molecule has 2 unspecified atom stereocenters. The van der Waals surface area contributed by atoms with Crippen LogP contribution >= 0.6 is 0 Å². The van der Waals surface area contributed by atoms with E-state index in [1.807, 2.05) is 0 Å². The Morgan fingerprint density at radius 2 is 1.47 bits per heavy atom. The molecular formula is C11H20O8. The SMILES string of the molecule is CC(O)C(=O)OC(O)(CCCCO)OC(=O)C(C)O. The fourth-order valence-electron chi connectivity index (χ4n) is 1.07. The first-order valence-corrected chi connectivity index (χ1v) is 5.87. The number of hydrogen-bond donors (Lipinski definition) is 4. The number of hydrogen-bond acceptors (Lipinski definition) is 8. The molecule has 0 aromatic carbocycles. The minimum Gasteiger partial charge on any atom is -0.396 e. The van der Waals surface area contributed by atoms with Gasteiger partial charge in [0.25, 0.3) is 0 Å². The summed E-state index contributed by atoms with van der Waals surface area (Å²) < 4.78 is 9.00. The van der Waals surface area contributed by atoms with Crippen LogP contribution in [0.2, 0.25) is 0 Å². The predicted molar refractivity (Wildman–Crippen MR) is 61.4 cm³/mol. The maximum atomic E-state index is 11.2. The van der Waals surface area contributed by atoms with Crippen molar-refractivity contribution in [2.75, 3.05) is 6.61 Å². The lowest BCUT2D eigenvalue weighted by atomic mass is 10.2. The summed E-state index contributed by atoms with van der Waals surface area (Å²) in [4.78, 5) is 22.4. The van der Waals surface area contributed by atoms with Gasteiger partial charge < -0.3 is 29.9 Å². The van der Waals surface area contributed by atoms with Crippen LogP contribution in [0.25, 0.3) is 0 Å². The molecule has 0 aliphatic heterocycles. The van der Waals surface area contributed by atoms with Crippen molar-refractivity contribution < 1.29 is 39.5 Å². The van der Waals surface area contributed by atoms with Crippen LogP contribution in [0, 0.1) is 0 Å². The Morgan fingerprint density at radius 1 is 1.05 bits per heavy atom. The lowest BCUT2D eigenvalue weighted by Crippen LogP contribution is -2.44. The van der Waals surface area contributed by atoms with Crippen molar-refractivity contribution in [1.82, 2.24) is 0 Å². The summed E-state index contributed by atoms with van der Waals surface area (Å²) >= 11 is 0. The summed E-state index contributed by atoms with van der Waals surface area (Å²) in [5.41, 5.74) is 0. The molecule has 0 aromatic rings. The Kier molecular flexibility index (Phi) is 7.53. The van der Waals surface area contributed by atoms with E-state index < -0.39 is 30.1 Å². The minimum atomic E-state index is -2.57. The first kappa shape index (κ1) is 17.8. The van der Waals surface area contributed by atoms with Crippen LogP contribution in [-0.4, -0.2) is 57.2 Å². The zero-order valence-corrected chi connectivity index (χ0v) is 10.9. The lowest BCUT2D eigenvalue weighted by Gasteiger charge is -2.27. The van der Waals surface area contributed by atoms with Gasteiger partial charge in [0, 0.05) is 6.61 Å². The third-order valence-corrected chi connectivity index (χ3v) is 2.10. The molecule has 4 N–H and O–H groups in total. The highest BCUT2D eigenvalue weighted by atomic mass is 16.8. The van der Waals surface area contributed by atoms with Crippen LogP contribution in [0.4, 0.5) is 0 Å². The number of carbonyl (C=O) groups excluding carboxylic acids is 2. The van der Waals surface area contributed by atoms with Crippen LogP contribution in [0.3, 0.4) is 0 Å². The van der Waals surface area contributed by atoms with Crippen LogP contribution in [0.5, 0.6) is 0 Å². The fraction of sp³-hybridized carbons (Fsp3) is 0.818. The standard InChI is InChI=1S/C11H20O8/c1-7(13)9(15)18-11(17,5-3-4-6-12)19-10(16)8(2)14/h7-8,12-14,17H,3-6H2,1-2H3. The second kappa shape index (κ2) is 8.05. The van der Waals surface area contributed by atoms with Crippen LogP contribution < -0.4 is 0 Å². The fourth-order valence-corrected chi connectivity index (χ4v) is 1.07. The van der Waals surface area contributed by atoms with Gasteiger partial charge in [0.05, 0.1) is 6.42 Å². The van der Waals surface area contributed by atoms with Crippen molar-refractivity contribution in [1.29, 1.82) is 0 Å². The van der Waals surface area contributed by atoms with Crippen molar-refractivity contribution in [3.05, 3.63) is 0 Å². The molecule has 2 atom stereocenters. The molecule has 0 aromatic heterocycles. The summed E-state index contributed by atoms with van der Waals surface area (Å²) in [5, 5.41) is 36.5. The first-order valence-electron chi connectivity index (χ1n) is 5.87. The molecule has 0 radical (unpaired) electrons. The molecule has 0 spiro atoms. The Balaban J connectivity index is 4.70. The zero-order valence-electron chi connectivity index (χ0n) is 10.9. The van der Waals surface area contributed by atoms with Crippen molar-refractivity contribution in [2.45, 2.75) is 51.3 Å². The van der Waals surface area contributed by atoms with Gasteiger partial charge in [0.2, 0.25) is 0 Å². The number of ether oxygens (including phenoxy) is 2. The Hall–Kier alpha value is -1.22. The monoisotopic (exact) mass is 280 g/mol. The van der Waals surface area contributed by atoms with Gasteiger partial charge in [-0.3, -0.25) is 0 Å². The highest BCUT2D eigenvalue weighted by Crippen LogP contribution is 2.20. The average molecular weight is 280 g/mol. The van der Waals surface area contributed by atoms with Gasteiger partial charge in [0.15, 0.2) is 0 Å². The number of aliphatic hydroxyl groups excluding tert-OH is 3. The van der Waals surface area contributed by atoms with Gasteiger partial charge in [-0.05, 0) is 26.7 Å². The third kappa shape index (κ3) is 7.06. The molecule has 8 heteroatoms. The number of unbranched alkanes of at least 4 members (excludes halogenated alkanes) is 1. The van der Waals surface area contributed by atoms with E-state index in [1.165, 1.54) is 0 Å². The topological polar surface area (TPSA) is 134 Å². The quantitative estimate of drug-likeness (QED) is 0.243. The van der Waals surface area contributed by atoms with E-state index in [4.69, 9.17) is 15.3 Å². The van der Waals surface area contributed by atoms with E-state index in [2.05, 4.69) is 9.47 Å². The van der Waals surface area contributed by atoms with Crippen LogP contribution in [0.1, 0.15) is 33.1 Å². The Bertz CT molecular complexity index is 277. The molecule has 19 heavy (non-hydrogen) atoms. The van der Waals surface area contributed by atoms with Gasteiger partial charge in [-0.25, -0.2) is 9.59 Å². The highest BCUT2D eigenvalue weighted by Gasteiger charge is 2.38. The van der Waals surface area contributed by atoms with Crippen molar-refractivity contribution in [3.8, 4) is 0 Å². The number of esters is 2. The summed E-state index contributed by atoms with van der Waals surface area (Å²) in [6.45, 7) is 2.09. The van der Waals surface area contributed by atoms with Crippen LogP contribution in [-0.2, 0) is 19.1 Å². The number of rotatable bonds is 8. The predicted octanol–water partition coefficient (Wildman–Crippen LogP) is -1.36. The molecule has 0 fully saturated rings. The third-order valence-electron chi connectivity index (χ3n) is 2.10. The summed E-state index contributed by atoms with van der Waals surface area (Å²) in [5.74, 6) is -4.92. The molecule has 112 valence electrons. The van der Waals surface area contributed by atoms with Gasteiger partial charge in [-0.1, -0.05) is 0 Å². The molecule has 0 bridgehead atoms. The molecule has 0 aliphatic rings.